The molecular formula is C15H17ClN2O. The zero-order valence-electron chi connectivity index (χ0n) is 11.0. The molecule has 0 aliphatic heterocycles. The molecule has 0 saturated heterocycles. The van der Waals surface area contributed by atoms with Crippen molar-refractivity contribution >= 4 is 11.6 Å². The lowest BCUT2D eigenvalue weighted by Gasteiger charge is -2.18. The molecule has 2 aromatic rings. The molecule has 0 heterocycles. The predicted molar refractivity (Wildman–Crippen MR) is 78.3 cm³/mol. The summed E-state index contributed by atoms with van der Waals surface area (Å²) in [5, 5.41) is 0.697. The van der Waals surface area contributed by atoms with Crippen molar-refractivity contribution in [3.8, 4) is 5.75 Å². The highest BCUT2D eigenvalue weighted by molar-refractivity contribution is 6.30. The largest absolute Gasteiger partial charge is 0.496 e. The maximum absolute atomic E-state index is 6.02. The summed E-state index contributed by atoms with van der Waals surface area (Å²) in [4.78, 5) is 0. The molecule has 0 saturated carbocycles. The van der Waals surface area contributed by atoms with Gasteiger partial charge in [0, 0.05) is 5.02 Å². The summed E-state index contributed by atoms with van der Waals surface area (Å²) in [5.74, 6) is 6.55. The maximum atomic E-state index is 6.02. The van der Waals surface area contributed by atoms with Crippen LogP contribution in [0.15, 0.2) is 42.5 Å². The van der Waals surface area contributed by atoms with Crippen molar-refractivity contribution < 1.29 is 4.74 Å². The zero-order valence-corrected chi connectivity index (χ0v) is 11.7. The van der Waals surface area contributed by atoms with Crippen LogP contribution in [0.2, 0.25) is 5.02 Å². The number of hydrazine groups is 1. The van der Waals surface area contributed by atoms with Gasteiger partial charge < -0.3 is 4.74 Å². The number of nitrogens with two attached hydrogens (primary N) is 1. The topological polar surface area (TPSA) is 47.3 Å². The highest BCUT2D eigenvalue weighted by atomic mass is 35.5. The van der Waals surface area contributed by atoms with E-state index in [0.29, 0.717) is 5.02 Å². The fourth-order valence-corrected chi connectivity index (χ4v) is 2.35. The number of ether oxygens (including phenoxy) is 1. The maximum Gasteiger partial charge on any atom is 0.121 e. The summed E-state index contributed by atoms with van der Waals surface area (Å²) in [5.41, 5.74) is 6.00. The van der Waals surface area contributed by atoms with Crippen LogP contribution in [0.1, 0.15) is 22.7 Å². The SMILES string of the molecule is COc1ccc(C(NN)c2cccc(Cl)c2)cc1C. The van der Waals surface area contributed by atoms with Gasteiger partial charge in [0.2, 0.25) is 0 Å². The van der Waals surface area contributed by atoms with Gasteiger partial charge in [-0.05, 0) is 41.8 Å². The average Bonchev–Trinajstić information content (AvgIpc) is 2.40. The molecule has 4 heteroatoms. The smallest absolute Gasteiger partial charge is 0.121 e. The predicted octanol–water partition coefficient (Wildman–Crippen LogP) is 3.21. The van der Waals surface area contributed by atoms with E-state index in [-0.39, 0.29) is 6.04 Å². The van der Waals surface area contributed by atoms with Gasteiger partial charge >= 0.3 is 0 Å². The molecular weight excluding hydrogens is 260 g/mol. The molecule has 0 fully saturated rings. The van der Waals surface area contributed by atoms with Crippen molar-refractivity contribution in [3.63, 3.8) is 0 Å². The Labute approximate surface area is 118 Å². The second kappa shape index (κ2) is 6.06. The Kier molecular flexibility index (Phi) is 4.43. The summed E-state index contributed by atoms with van der Waals surface area (Å²) >= 11 is 6.02. The lowest BCUT2D eigenvalue weighted by atomic mass is 9.97. The van der Waals surface area contributed by atoms with E-state index >= 15 is 0 Å². The van der Waals surface area contributed by atoms with E-state index in [1.807, 2.05) is 43.3 Å². The quantitative estimate of drug-likeness (QED) is 0.666. The van der Waals surface area contributed by atoms with E-state index in [1.165, 1.54) is 0 Å². The Morgan fingerprint density at radius 2 is 1.89 bits per heavy atom. The Morgan fingerprint density at radius 1 is 1.16 bits per heavy atom. The van der Waals surface area contributed by atoms with Gasteiger partial charge in [-0.3, -0.25) is 5.84 Å². The van der Waals surface area contributed by atoms with Crippen LogP contribution in [-0.2, 0) is 0 Å². The van der Waals surface area contributed by atoms with Crippen molar-refractivity contribution in [3.05, 3.63) is 64.2 Å². The minimum atomic E-state index is -0.0942. The van der Waals surface area contributed by atoms with Crippen LogP contribution in [0.25, 0.3) is 0 Å². The summed E-state index contributed by atoms with van der Waals surface area (Å²) in [6, 6.07) is 13.6. The van der Waals surface area contributed by atoms with Gasteiger partial charge in [0.15, 0.2) is 0 Å². The molecule has 3 N–H and O–H groups in total. The molecule has 0 amide bonds. The van der Waals surface area contributed by atoms with Crippen molar-refractivity contribution in [2.75, 3.05) is 7.11 Å². The summed E-state index contributed by atoms with van der Waals surface area (Å²) < 4.78 is 5.27. The number of rotatable bonds is 4. The number of halogens is 1. The van der Waals surface area contributed by atoms with Crippen LogP contribution < -0.4 is 16.0 Å². The van der Waals surface area contributed by atoms with Crippen molar-refractivity contribution in [1.82, 2.24) is 5.43 Å². The van der Waals surface area contributed by atoms with Crippen molar-refractivity contribution in [2.45, 2.75) is 13.0 Å². The molecule has 100 valence electrons. The summed E-state index contributed by atoms with van der Waals surface area (Å²) in [6.45, 7) is 2.01. The minimum Gasteiger partial charge on any atom is -0.496 e. The third-order valence-corrected chi connectivity index (χ3v) is 3.34. The third kappa shape index (κ3) is 3.07. The molecule has 3 nitrogen and oxygen atoms in total. The lowest BCUT2D eigenvalue weighted by Crippen LogP contribution is -2.28. The van der Waals surface area contributed by atoms with Gasteiger partial charge in [-0.25, -0.2) is 5.43 Å². The molecule has 19 heavy (non-hydrogen) atoms. The highest BCUT2D eigenvalue weighted by Crippen LogP contribution is 2.27. The number of methoxy groups -OCH3 is 1. The summed E-state index contributed by atoms with van der Waals surface area (Å²) in [6.07, 6.45) is 0. The van der Waals surface area contributed by atoms with Crippen LogP contribution in [0.5, 0.6) is 5.75 Å². The van der Waals surface area contributed by atoms with E-state index in [2.05, 4.69) is 11.5 Å². The summed E-state index contributed by atoms with van der Waals surface area (Å²) in [7, 11) is 1.66. The molecule has 2 rings (SSSR count). The Morgan fingerprint density at radius 3 is 2.47 bits per heavy atom. The van der Waals surface area contributed by atoms with Gasteiger partial charge in [0.1, 0.15) is 5.75 Å². The highest BCUT2D eigenvalue weighted by Gasteiger charge is 2.13. The van der Waals surface area contributed by atoms with Crippen LogP contribution in [0.4, 0.5) is 0 Å². The monoisotopic (exact) mass is 276 g/mol. The Balaban J connectivity index is 2.39. The molecule has 0 aromatic heterocycles. The molecule has 1 unspecified atom stereocenters. The number of benzene rings is 2. The third-order valence-electron chi connectivity index (χ3n) is 3.10. The van der Waals surface area contributed by atoms with Gasteiger partial charge in [0.05, 0.1) is 13.2 Å². The van der Waals surface area contributed by atoms with Crippen molar-refractivity contribution in [2.24, 2.45) is 5.84 Å². The second-order valence-corrected chi connectivity index (χ2v) is 4.82. The normalized spacial score (nSPS) is 12.2. The Bertz CT molecular complexity index is 572. The standard InChI is InChI=1S/C15H17ClN2O/c1-10-8-12(6-7-14(10)19-2)15(18-17)11-4-3-5-13(16)9-11/h3-9,15,18H,17H2,1-2H3. The lowest BCUT2D eigenvalue weighted by molar-refractivity contribution is 0.411. The van der Waals surface area contributed by atoms with E-state index in [4.69, 9.17) is 22.2 Å². The fourth-order valence-electron chi connectivity index (χ4n) is 2.15. The van der Waals surface area contributed by atoms with Gasteiger partial charge in [-0.15, -0.1) is 0 Å². The van der Waals surface area contributed by atoms with E-state index < -0.39 is 0 Å². The first-order valence-electron chi connectivity index (χ1n) is 6.02. The van der Waals surface area contributed by atoms with Gasteiger partial charge in [0.25, 0.3) is 0 Å². The van der Waals surface area contributed by atoms with Crippen LogP contribution >= 0.6 is 11.6 Å². The number of nitrogens with one attached hydrogen (secondary N) is 1. The molecule has 0 radical (unpaired) electrons. The van der Waals surface area contributed by atoms with E-state index in [9.17, 15) is 0 Å². The molecule has 0 spiro atoms. The molecule has 2 aromatic carbocycles. The minimum absolute atomic E-state index is 0.0942. The number of hydrogen-bond acceptors (Lipinski definition) is 3. The van der Waals surface area contributed by atoms with Gasteiger partial charge in [-0.1, -0.05) is 35.9 Å². The fraction of sp³-hybridized carbons (Fsp3) is 0.200. The van der Waals surface area contributed by atoms with E-state index in [0.717, 1.165) is 22.4 Å². The van der Waals surface area contributed by atoms with Gasteiger partial charge in [-0.2, -0.15) is 0 Å². The first-order valence-corrected chi connectivity index (χ1v) is 6.39. The van der Waals surface area contributed by atoms with Crippen molar-refractivity contribution in [1.29, 1.82) is 0 Å². The van der Waals surface area contributed by atoms with Crippen LogP contribution in [0.3, 0.4) is 0 Å². The number of aryl methyl sites for hydroxylation is 1. The molecule has 0 bridgehead atoms. The first-order chi connectivity index (χ1) is 9.15. The molecule has 0 aliphatic rings. The molecule has 1 atom stereocenters. The van der Waals surface area contributed by atoms with Crippen LogP contribution in [0, 0.1) is 6.92 Å². The van der Waals surface area contributed by atoms with Crippen LogP contribution in [-0.4, -0.2) is 7.11 Å². The second-order valence-electron chi connectivity index (χ2n) is 4.38. The Hall–Kier alpha value is -1.55. The molecule has 0 aliphatic carbocycles. The zero-order chi connectivity index (χ0) is 13.8. The number of hydrogen-bond donors (Lipinski definition) is 2. The van der Waals surface area contributed by atoms with E-state index in [1.54, 1.807) is 7.11 Å². The average molecular weight is 277 g/mol. The first kappa shape index (κ1) is 13.9.